The van der Waals surface area contributed by atoms with E-state index in [2.05, 4.69) is 20.3 Å². The van der Waals surface area contributed by atoms with Crippen molar-refractivity contribution < 1.29 is 23.1 Å². The minimum atomic E-state index is -2.74. The van der Waals surface area contributed by atoms with E-state index in [4.69, 9.17) is 27.1 Å². The molecule has 50 heavy (non-hydrogen) atoms. The van der Waals surface area contributed by atoms with Gasteiger partial charge in [0, 0.05) is 22.7 Å². The Balaban J connectivity index is 1.37. The lowest BCUT2D eigenvalue weighted by Gasteiger charge is -2.35. The second kappa shape index (κ2) is 13.2. The quantitative estimate of drug-likeness (QED) is 0.150. The Kier molecular flexibility index (Phi) is 9.31. The number of aliphatic imine (C=N–C) groups is 1. The van der Waals surface area contributed by atoms with E-state index in [9.17, 15) is 18.4 Å². The summed E-state index contributed by atoms with van der Waals surface area (Å²) in [6, 6.07) is 12.1. The van der Waals surface area contributed by atoms with Crippen molar-refractivity contribution in [3.63, 3.8) is 0 Å². The van der Waals surface area contributed by atoms with Crippen LogP contribution in [0.1, 0.15) is 83.5 Å². The predicted molar refractivity (Wildman–Crippen MR) is 185 cm³/mol. The summed E-state index contributed by atoms with van der Waals surface area (Å²) in [6.45, 7) is 8.25. The molecule has 6 rings (SSSR count). The van der Waals surface area contributed by atoms with Gasteiger partial charge in [-0.1, -0.05) is 76.6 Å². The molecule has 11 nitrogen and oxygen atoms in total. The largest absolute Gasteiger partial charge is 0.463 e. The molecule has 2 aliphatic rings. The highest BCUT2D eigenvalue weighted by atomic mass is 35.5. The van der Waals surface area contributed by atoms with Crippen LogP contribution in [0, 0.1) is 10.8 Å². The summed E-state index contributed by atoms with van der Waals surface area (Å²) in [5.74, 6) is -0.942. The maximum Gasteiger partial charge on any atom is 0.306 e. The van der Waals surface area contributed by atoms with Crippen LogP contribution in [0.3, 0.4) is 0 Å². The first-order valence-electron chi connectivity index (χ1n) is 16.5. The number of benzene rings is 2. The Morgan fingerprint density at radius 3 is 2.46 bits per heavy atom. The van der Waals surface area contributed by atoms with Crippen molar-refractivity contribution in [3.8, 4) is 22.5 Å². The molecule has 1 fully saturated rings. The summed E-state index contributed by atoms with van der Waals surface area (Å²) in [5.41, 5.74) is 6.83. The van der Waals surface area contributed by atoms with Crippen LogP contribution < -0.4 is 5.73 Å². The van der Waals surface area contributed by atoms with Crippen LogP contribution in [-0.2, 0) is 19.9 Å². The fourth-order valence-electron chi connectivity index (χ4n) is 6.30. The molecule has 0 spiro atoms. The number of esters is 1. The van der Waals surface area contributed by atoms with Crippen LogP contribution in [-0.4, -0.2) is 60.7 Å². The van der Waals surface area contributed by atoms with Crippen molar-refractivity contribution >= 4 is 29.4 Å². The van der Waals surface area contributed by atoms with Gasteiger partial charge < -0.3 is 10.5 Å². The van der Waals surface area contributed by atoms with Crippen molar-refractivity contribution in [2.24, 2.45) is 21.6 Å². The third-order valence-electron chi connectivity index (χ3n) is 9.08. The van der Waals surface area contributed by atoms with Gasteiger partial charge >= 0.3 is 5.97 Å². The molecule has 0 bridgehead atoms. The first kappa shape index (κ1) is 35.2. The van der Waals surface area contributed by atoms with E-state index in [0.29, 0.717) is 40.0 Å². The molecule has 14 heteroatoms. The van der Waals surface area contributed by atoms with E-state index in [1.54, 1.807) is 18.2 Å². The van der Waals surface area contributed by atoms with Crippen LogP contribution in [0.5, 0.6) is 0 Å². The molecule has 0 saturated heterocycles. The van der Waals surface area contributed by atoms with Crippen molar-refractivity contribution in [1.82, 2.24) is 29.9 Å². The topological polar surface area (TPSA) is 144 Å². The number of halogens is 3. The highest BCUT2D eigenvalue weighted by Gasteiger charge is 2.53. The summed E-state index contributed by atoms with van der Waals surface area (Å²) in [5, 5.41) is 11.6. The van der Waals surface area contributed by atoms with Crippen molar-refractivity contribution in [3.05, 3.63) is 77.3 Å². The zero-order chi connectivity index (χ0) is 36.0. The van der Waals surface area contributed by atoms with Gasteiger partial charge in [-0.15, -0.1) is 0 Å². The number of rotatable bonds is 12. The summed E-state index contributed by atoms with van der Waals surface area (Å²) in [7, 11) is 0. The number of aromatic nitrogens is 5. The van der Waals surface area contributed by atoms with Gasteiger partial charge in [0.25, 0.3) is 5.91 Å². The average Bonchev–Trinajstić information content (AvgIpc) is 3.42. The van der Waals surface area contributed by atoms with E-state index in [1.807, 2.05) is 62.1 Å². The smallest absolute Gasteiger partial charge is 0.306 e. The van der Waals surface area contributed by atoms with E-state index in [-0.39, 0.29) is 18.0 Å². The van der Waals surface area contributed by atoms with Crippen LogP contribution in [0.2, 0.25) is 5.02 Å². The molecule has 1 aliphatic heterocycles. The number of carbonyl (C=O) groups is 2. The Hall–Kier alpha value is -4.65. The number of amides is 1. The van der Waals surface area contributed by atoms with Crippen molar-refractivity contribution in [1.29, 1.82) is 0 Å². The van der Waals surface area contributed by atoms with Gasteiger partial charge in [0.1, 0.15) is 12.9 Å². The molecule has 1 aliphatic carbocycles. The maximum atomic E-state index is 14.9. The van der Waals surface area contributed by atoms with Gasteiger partial charge in [0.05, 0.1) is 29.7 Å². The lowest BCUT2D eigenvalue weighted by atomic mass is 9.75. The Morgan fingerprint density at radius 2 is 1.84 bits per heavy atom. The van der Waals surface area contributed by atoms with Gasteiger partial charge in [-0.3, -0.25) is 24.3 Å². The molecule has 4 aromatic rings. The summed E-state index contributed by atoms with van der Waals surface area (Å²) in [6.07, 6.45) is 4.49. The van der Waals surface area contributed by atoms with E-state index in [1.165, 1.54) is 25.1 Å². The number of H-pyrrole nitrogens is 1. The van der Waals surface area contributed by atoms with Crippen LogP contribution in [0.4, 0.5) is 8.78 Å². The van der Waals surface area contributed by atoms with Crippen LogP contribution in [0.25, 0.3) is 22.5 Å². The number of aromatic amines is 1. The first-order valence-corrected chi connectivity index (χ1v) is 16.9. The third-order valence-corrected chi connectivity index (χ3v) is 9.41. The van der Waals surface area contributed by atoms with E-state index >= 15 is 0 Å². The maximum absolute atomic E-state index is 14.9. The second-order valence-electron chi connectivity index (χ2n) is 15.0. The third kappa shape index (κ3) is 7.14. The summed E-state index contributed by atoms with van der Waals surface area (Å²) < 4.78 is 34.8. The number of hydrogen-bond donors (Lipinski definition) is 2. The van der Waals surface area contributed by atoms with Crippen molar-refractivity contribution in [2.45, 2.75) is 84.4 Å². The van der Waals surface area contributed by atoms with E-state index < -0.39 is 41.7 Å². The Morgan fingerprint density at radius 1 is 1.12 bits per heavy atom. The summed E-state index contributed by atoms with van der Waals surface area (Å²) >= 11 is 6.54. The molecule has 2 aromatic heterocycles. The molecule has 264 valence electrons. The minimum Gasteiger partial charge on any atom is -0.463 e. The van der Waals surface area contributed by atoms with Gasteiger partial charge in [-0.25, -0.2) is 18.8 Å². The van der Waals surface area contributed by atoms with Gasteiger partial charge in [-0.05, 0) is 53.5 Å². The molecule has 0 radical (unpaired) electrons. The molecule has 2 aromatic carbocycles. The highest BCUT2D eigenvalue weighted by Crippen LogP contribution is 2.46. The van der Waals surface area contributed by atoms with Crippen LogP contribution in [0.15, 0.2) is 66.2 Å². The second-order valence-corrected chi connectivity index (χ2v) is 15.4. The number of nitrogens with zero attached hydrogens (tertiary/aromatic N) is 6. The number of hydrogen-bond acceptors (Lipinski definition) is 8. The molecule has 3 heterocycles. The highest BCUT2D eigenvalue weighted by molar-refractivity contribution is 6.33. The van der Waals surface area contributed by atoms with Gasteiger partial charge in [-0.2, -0.15) is 10.2 Å². The zero-order valence-corrected chi connectivity index (χ0v) is 29.4. The predicted octanol–water partition coefficient (Wildman–Crippen LogP) is 7.08. The SMILES string of the molecule is CC(C)(C)C[C@]1(c2ccc(-c3cnn(C4CC4)c3)cc2)N=C(N)N([C@H](COC(=O)CC(C)(C)C(F)F)c2ccc(Cl)c(-c3ncn[nH]3)c2)C1=O. The van der Waals surface area contributed by atoms with Crippen LogP contribution >= 0.6 is 11.6 Å². The molecule has 2 atom stereocenters. The normalized spacial score (nSPS) is 18.9. The monoisotopic (exact) mass is 706 g/mol. The Bertz CT molecular complexity index is 1900. The number of guanidine groups is 1. The number of ether oxygens (including phenoxy) is 1. The molecule has 3 N–H and O–H groups in total. The molecular formula is C36H41ClF2N8O3. The zero-order valence-electron chi connectivity index (χ0n) is 28.7. The molecule has 1 saturated carbocycles. The standard InChI is InChI=1S/C36H41ClF2N8O3/c1-34(2,3)19-36(24-9-6-21(7-10-24)23-16-43-46(17-23)25-11-12-25)32(49)47(33(40)44-36)28(18-50-29(48)15-35(4,5)31(38)39)22-8-13-27(37)26(14-22)30-41-20-42-45-30/h6-10,13-14,16-17,20,25,28,31H,11-12,15,18-19H2,1-5H3,(H2,40,44)(H,41,42,45)/t28-,36-/m1/s1. The lowest BCUT2D eigenvalue weighted by molar-refractivity contribution is -0.152. The number of alkyl halides is 2. The van der Waals surface area contributed by atoms with E-state index in [0.717, 1.165) is 24.0 Å². The fourth-order valence-corrected chi connectivity index (χ4v) is 6.50. The molecule has 0 unspecified atom stereocenters. The fraction of sp³-hybridized carbons (Fsp3) is 0.444. The number of nitrogens with one attached hydrogen (secondary N) is 1. The summed E-state index contributed by atoms with van der Waals surface area (Å²) in [4.78, 5) is 38.3. The Labute approximate surface area is 294 Å². The average molecular weight is 707 g/mol. The minimum absolute atomic E-state index is 0.0702. The molecule has 1 amide bonds. The first-order chi connectivity index (χ1) is 23.6. The lowest BCUT2D eigenvalue weighted by Crippen LogP contribution is -2.47. The van der Waals surface area contributed by atoms with Crippen molar-refractivity contribution in [2.75, 3.05) is 6.61 Å². The van der Waals surface area contributed by atoms with Gasteiger partial charge in [0.2, 0.25) is 6.43 Å². The molecular weight excluding hydrogens is 666 g/mol. The number of carbonyl (C=O) groups excluding carboxylic acids is 2. The number of nitrogens with two attached hydrogens (primary N) is 1. The van der Waals surface area contributed by atoms with Gasteiger partial charge in [0.15, 0.2) is 17.3 Å².